The van der Waals surface area contributed by atoms with Crippen molar-refractivity contribution in [2.75, 3.05) is 24.3 Å². The number of carbonyl (C=O) groups is 2. The zero-order chi connectivity index (χ0) is 25.0. The number of halogens is 1. The first-order chi connectivity index (χ1) is 15.9. The minimum atomic E-state index is -0.485. The molecule has 1 aliphatic carbocycles. The third kappa shape index (κ3) is 6.69. The first kappa shape index (κ1) is 25.9. The monoisotopic (exact) mass is 486 g/mol. The molecule has 0 atom stereocenters. The van der Waals surface area contributed by atoms with E-state index in [9.17, 15) is 9.59 Å². The van der Waals surface area contributed by atoms with E-state index >= 15 is 0 Å². The molecule has 1 N–H and O–H groups in total. The van der Waals surface area contributed by atoms with Crippen LogP contribution in [0, 0.1) is 17.3 Å². The number of amides is 1. The summed E-state index contributed by atoms with van der Waals surface area (Å²) in [7, 11) is 3.59. The fourth-order valence-corrected chi connectivity index (χ4v) is 4.64. The number of nitrogens with zero attached hydrogens (tertiary/aromatic N) is 3. The summed E-state index contributed by atoms with van der Waals surface area (Å²) in [5, 5.41) is 3.16. The standard InChI is InChI=1S/C26H35ClN4O3/c1-16(32)34-22-23(27)29-21(30-24(22)31(5)6)15-17-7-13-20(14-8-17)28-25(33)18-9-11-19(12-10-18)26(2,3)4/h7-8,13-14,18-19H,9-12,15H2,1-6H3,(H,28,33). The zero-order valence-electron chi connectivity index (χ0n) is 20.9. The average Bonchev–Trinajstić information content (AvgIpc) is 2.76. The average molecular weight is 487 g/mol. The van der Waals surface area contributed by atoms with E-state index in [1.54, 1.807) is 19.0 Å². The fraction of sp³-hybridized carbons (Fsp3) is 0.538. The molecule has 0 spiro atoms. The van der Waals surface area contributed by atoms with Gasteiger partial charge in [-0.3, -0.25) is 9.59 Å². The zero-order valence-corrected chi connectivity index (χ0v) is 21.7. The normalized spacial score (nSPS) is 18.3. The molecule has 184 valence electrons. The number of rotatable bonds is 6. The van der Waals surface area contributed by atoms with Crippen LogP contribution in [0.15, 0.2) is 24.3 Å². The highest BCUT2D eigenvalue weighted by Gasteiger charge is 2.32. The summed E-state index contributed by atoms with van der Waals surface area (Å²) in [4.78, 5) is 34.7. The van der Waals surface area contributed by atoms with E-state index in [1.165, 1.54) is 6.92 Å². The van der Waals surface area contributed by atoms with E-state index in [0.29, 0.717) is 29.4 Å². The molecule has 1 saturated carbocycles. The van der Waals surface area contributed by atoms with Gasteiger partial charge in [0.05, 0.1) is 0 Å². The Hall–Kier alpha value is -2.67. The first-order valence-corrected chi connectivity index (χ1v) is 12.1. The van der Waals surface area contributed by atoms with Gasteiger partial charge in [-0.25, -0.2) is 9.97 Å². The van der Waals surface area contributed by atoms with Crippen molar-refractivity contribution in [1.29, 1.82) is 0 Å². The van der Waals surface area contributed by atoms with Crippen LogP contribution in [0.3, 0.4) is 0 Å². The summed E-state index contributed by atoms with van der Waals surface area (Å²) in [6.45, 7) is 8.16. The SMILES string of the molecule is CC(=O)Oc1c(Cl)nc(Cc2ccc(NC(=O)C3CCC(C(C)(C)C)CC3)cc2)nc1N(C)C. The maximum Gasteiger partial charge on any atom is 0.308 e. The van der Waals surface area contributed by atoms with Gasteiger partial charge in [-0.2, -0.15) is 0 Å². The quantitative estimate of drug-likeness (QED) is 0.428. The van der Waals surface area contributed by atoms with Crippen LogP contribution in [0.5, 0.6) is 5.75 Å². The van der Waals surface area contributed by atoms with Crippen LogP contribution in [-0.2, 0) is 16.0 Å². The van der Waals surface area contributed by atoms with Gasteiger partial charge in [-0.05, 0) is 54.7 Å². The Labute approximate surface area is 207 Å². The fourth-order valence-electron chi connectivity index (χ4n) is 4.42. The summed E-state index contributed by atoms with van der Waals surface area (Å²) < 4.78 is 5.19. The number of hydrogen-bond donors (Lipinski definition) is 1. The summed E-state index contributed by atoms with van der Waals surface area (Å²) >= 11 is 6.28. The van der Waals surface area contributed by atoms with Crippen molar-refractivity contribution in [2.45, 2.75) is 59.8 Å². The Balaban J connectivity index is 1.63. The Morgan fingerprint density at radius 3 is 2.24 bits per heavy atom. The number of hydrogen-bond acceptors (Lipinski definition) is 6. The second-order valence-corrected chi connectivity index (χ2v) is 10.7. The highest BCUT2D eigenvalue weighted by Crippen LogP contribution is 2.40. The molecule has 1 amide bonds. The van der Waals surface area contributed by atoms with Crippen molar-refractivity contribution in [3.8, 4) is 5.75 Å². The lowest BCUT2D eigenvalue weighted by molar-refractivity contribution is -0.131. The van der Waals surface area contributed by atoms with Gasteiger partial charge < -0.3 is 15.0 Å². The summed E-state index contributed by atoms with van der Waals surface area (Å²) in [6, 6.07) is 7.68. The van der Waals surface area contributed by atoms with E-state index < -0.39 is 5.97 Å². The molecule has 0 radical (unpaired) electrons. The van der Waals surface area contributed by atoms with Gasteiger partial charge in [0.15, 0.2) is 11.0 Å². The number of nitrogens with one attached hydrogen (secondary N) is 1. The van der Waals surface area contributed by atoms with Gasteiger partial charge in [0.2, 0.25) is 11.7 Å². The smallest absolute Gasteiger partial charge is 0.308 e. The lowest BCUT2D eigenvalue weighted by Crippen LogP contribution is -2.31. The van der Waals surface area contributed by atoms with Crippen molar-refractivity contribution >= 4 is 35.0 Å². The molecule has 1 aromatic heterocycles. The lowest BCUT2D eigenvalue weighted by atomic mass is 9.69. The number of benzene rings is 1. The topological polar surface area (TPSA) is 84.4 Å². The summed E-state index contributed by atoms with van der Waals surface area (Å²) in [5.74, 6) is 1.48. The van der Waals surface area contributed by atoms with E-state index in [1.807, 2.05) is 24.3 Å². The Kier molecular flexibility index (Phi) is 8.18. The van der Waals surface area contributed by atoms with Crippen LogP contribution < -0.4 is 15.0 Å². The number of ether oxygens (including phenoxy) is 1. The molecule has 7 nitrogen and oxygen atoms in total. The summed E-state index contributed by atoms with van der Waals surface area (Å²) in [6.07, 6.45) is 4.55. The Morgan fingerprint density at radius 1 is 1.09 bits per heavy atom. The highest BCUT2D eigenvalue weighted by molar-refractivity contribution is 6.31. The maximum atomic E-state index is 12.8. The molecule has 34 heavy (non-hydrogen) atoms. The van der Waals surface area contributed by atoms with Gasteiger partial charge in [-0.1, -0.05) is 44.5 Å². The second-order valence-electron chi connectivity index (χ2n) is 10.3. The molecule has 0 saturated heterocycles. The third-order valence-corrected chi connectivity index (χ3v) is 6.68. The molecule has 1 aromatic carbocycles. The van der Waals surface area contributed by atoms with Crippen LogP contribution in [0.4, 0.5) is 11.5 Å². The Bertz CT molecular complexity index is 1020. The van der Waals surface area contributed by atoms with Gasteiger partial charge in [0.1, 0.15) is 5.82 Å². The summed E-state index contributed by atoms with van der Waals surface area (Å²) in [5.41, 5.74) is 2.06. The predicted molar refractivity (Wildman–Crippen MR) is 135 cm³/mol. The first-order valence-electron chi connectivity index (χ1n) is 11.8. The largest absolute Gasteiger partial charge is 0.419 e. The molecule has 1 fully saturated rings. The van der Waals surface area contributed by atoms with Gasteiger partial charge >= 0.3 is 5.97 Å². The Morgan fingerprint density at radius 2 is 1.71 bits per heavy atom. The molecular weight excluding hydrogens is 452 g/mol. The van der Waals surface area contributed by atoms with E-state index in [0.717, 1.165) is 36.9 Å². The molecule has 2 aromatic rings. The van der Waals surface area contributed by atoms with Crippen molar-refractivity contribution in [1.82, 2.24) is 9.97 Å². The number of carbonyl (C=O) groups excluding carboxylic acids is 2. The van der Waals surface area contributed by atoms with Crippen LogP contribution in [0.2, 0.25) is 5.15 Å². The van der Waals surface area contributed by atoms with E-state index in [4.69, 9.17) is 16.3 Å². The molecule has 0 aliphatic heterocycles. The van der Waals surface area contributed by atoms with Crippen LogP contribution in [-0.4, -0.2) is 35.9 Å². The lowest BCUT2D eigenvalue weighted by Gasteiger charge is -2.36. The van der Waals surface area contributed by atoms with Crippen molar-refractivity contribution in [3.05, 3.63) is 40.8 Å². The van der Waals surface area contributed by atoms with E-state index in [2.05, 4.69) is 36.1 Å². The molecule has 0 bridgehead atoms. The third-order valence-electron chi connectivity index (χ3n) is 6.43. The van der Waals surface area contributed by atoms with Crippen molar-refractivity contribution in [2.24, 2.45) is 17.3 Å². The minimum Gasteiger partial charge on any atom is -0.419 e. The van der Waals surface area contributed by atoms with Crippen molar-refractivity contribution in [3.63, 3.8) is 0 Å². The highest BCUT2D eigenvalue weighted by atomic mass is 35.5. The molecule has 3 rings (SSSR count). The molecular formula is C26H35ClN4O3. The van der Waals surface area contributed by atoms with Gasteiger partial charge in [0.25, 0.3) is 0 Å². The van der Waals surface area contributed by atoms with Crippen LogP contribution in [0.25, 0.3) is 0 Å². The van der Waals surface area contributed by atoms with Gasteiger partial charge in [-0.15, -0.1) is 0 Å². The van der Waals surface area contributed by atoms with E-state index in [-0.39, 0.29) is 22.7 Å². The van der Waals surface area contributed by atoms with Crippen LogP contribution >= 0.6 is 11.6 Å². The van der Waals surface area contributed by atoms with Crippen molar-refractivity contribution < 1.29 is 14.3 Å². The van der Waals surface area contributed by atoms with Crippen LogP contribution in [0.1, 0.15) is 64.8 Å². The van der Waals surface area contributed by atoms with Gasteiger partial charge in [0, 0.05) is 39.0 Å². The number of anilines is 2. The molecule has 8 heteroatoms. The maximum absolute atomic E-state index is 12.8. The number of aromatic nitrogens is 2. The number of esters is 1. The minimum absolute atomic E-state index is 0.0778. The second kappa shape index (κ2) is 10.7. The molecule has 1 heterocycles. The molecule has 0 unspecified atom stereocenters. The molecule has 1 aliphatic rings. The predicted octanol–water partition coefficient (Wildman–Crippen LogP) is 5.50.